The molecule has 0 amide bonds. The molecular formula is C13H11ClFN3O2. The zero-order chi connectivity index (χ0) is 14.7. The third kappa shape index (κ3) is 2.85. The van der Waals surface area contributed by atoms with E-state index in [-0.39, 0.29) is 34.2 Å². The smallest absolute Gasteiger partial charge is 0.343 e. The summed E-state index contributed by atoms with van der Waals surface area (Å²) >= 11 is 5.92. The Labute approximate surface area is 119 Å². The molecule has 0 aliphatic rings. The van der Waals surface area contributed by atoms with Gasteiger partial charge in [0, 0.05) is 23.2 Å². The minimum atomic E-state index is -0.627. The summed E-state index contributed by atoms with van der Waals surface area (Å²) in [5.41, 5.74) is 5.99. The highest BCUT2D eigenvalue weighted by Crippen LogP contribution is 2.21. The normalized spacial score (nSPS) is 10.3. The summed E-state index contributed by atoms with van der Waals surface area (Å²) in [7, 11) is 1.23. The first-order valence-electron chi connectivity index (χ1n) is 5.65. The molecule has 0 spiro atoms. The number of hydrogen-bond donors (Lipinski definition) is 1. The van der Waals surface area contributed by atoms with Gasteiger partial charge in [0.1, 0.15) is 23.0 Å². The molecule has 1 heterocycles. The molecule has 2 N–H and O–H groups in total. The summed E-state index contributed by atoms with van der Waals surface area (Å²) in [4.78, 5) is 19.3. The maximum Gasteiger partial charge on any atom is 0.343 e. The van der Waals surface area contributed by atoms with Gasteiger partial charge in [0.25, 0.3) is 0 Å². The molecule has 1 aromatic carbocycles. The quantitative estimate of drug-likeness (QED) is 0.879. The molecule has 0 aliphatic carbocycles. The highest BCUT2D eigenvalue weighted by Gasteiger charge is 2.15. The Morgan fingerprint density at radius 2 is 2.25 bits per heavy atom. The van der Waals surface area contributed by atoms with Crippen LogP contribution in [0.3, 0.4) is 0 Å². The Kier molecular flexibility index (Phi) is 4.14. The molecule has 5 nitrogen and oxygen atoms in total. The second-order valence-corrected chi connectivity index (χ2v) is 4.36. The fourth-order valence-corrected chi connectivity index (χ4v) is 1.87. The summed E-state index contributed by atoms with van der Waals surface area (Å²) < 4.78 is 18.2. The molecule has 0 aliphatic heterocycles. The number of hydrogen-bond acceptors (Lipinski definition) is 5. The zero-order valence-corrected chi connectivity index (χ0v) is 11.3. The molecule has 2 aromatic rings. The van der Waals surface area contributed by atoms with Gasteiger partial charge in [-0.2, -0.15) is 0 Å². The Balaban J connectivity index is 2.32. The molecule has 0 fully saturated rings. The number of aromatic nitrogens is 2. The van der Waals surface area contributed by atoms with Gasteiger partial charge in [-0.25, -0.2) is 19.2 Å². The average molecular weight is 296 g/mol. The minimum absolute atomic E-state index is 0.0192. The lowest BCUT2D eigenvalue weighted by molar-refractivity contribution is 0.0601. The molecule has 0 saturated carbocycles. The van der Waals surface area contributed by atoms with Gasteiger partial charge in [0.2, 0.25) is 0 Å². The first-order chi connectivity index (χ1) is 9.52. The van der Waals surface area contributed by atoms with Crippen LogP contribution in [-0.4, -0.2) is 23.0 Å². The fourth-order valence-electron chi connectivity index (χ4n) is 1.65. The van der Waals surface area contributed by atoms with Crippen molar-refractivity contribution in [2.45, 2.75) is 6.42 Å². The van der Waals surface area contributed by atoms with Gasteiger partial charge in [0.05, 0.1) is 7.11 Å². The van der Waals surface area contributed by atoms with Crippen LogP contribution in [0.2, 0.25) is 5.02 Å². The standard InChI is InChI=1S/C13H11ClFN3O2/c1-20-13(19)8-6-17-11(18-12(8)16)5-7-9(14)3-2-4-10(7)15/h2-4,6H,5H2,1H3,(H2,16,17,18). The van der Waals surface area contributed by atoms with E-state index in [1.807, 2.05) is 0 Å². The first kappa shape index (κ1) is 14.2. The number of nitrogens with zero attached hydrogens (tertiary/aromatic N) is 2. The van der Waals surface area contributed by atoms with E-state index in [4.69, 9.17) is 17.3 Å². The summed E-state index contributed by atoms with van der Waals surface area (Å²) in [5.74, 6) is -0.828. The predicted octanol–water partition coefficient (Wildman–Crippen LogP) is 2.23. The van der Waals surface area contributed by atoms with Crippen molar-refractivity contribution in [2.24, 2.45) is 0 Å². The number of nitrogens with two attached hydrogens (primary N) is 1. The van der Waals surface area contributed by atoms with Crippen molar-refractivity contribution < 1.29 is 13.9 Å². The summed E-state index contributed by atoms with van der Waals surface area (Å²) in [6.07, 6.45) is 1.33. The minimum Gasteiger partial charge on any atom is -0.465 e. The summed E-state index contributed by atoms with van der Waals surface area (Å²) in [5, 5.41) is 0.282. The fraction of sp³-hybridized carbons (Fsp3) is 0.154. The molecule has 7 heteroatoms. The monoisotopic (exact) mass is 295 g/mol. The number of rotatable bonds is 3. The average Bonchev–Trinajstić information content (AvgIpc) is 2.42. The number of anilines is 1. The number of methoxy groups -OCH3 is 1. The van der Waals surface area contributed by atoms with Crippen LogP contribution in [0, 0.1) is 5.82 Å². The molecule has 0 saturated heterocycles. The third-order valence-electron chi connectivity index (χ3n) is 2.67. The van der Waals surface area contributed by atoms with Gasteiger partial charge >= 0.3 is 5.97 Å². The van der Waals surface area contributed by atoms with E-state index in [1.165, 1.54) is 25.4 Å². The summed E-state index contributed by atoms with van der Waals surface area (Å²) in [6, 6.07) is 4.39. The number of carbonyl (C=O) groups excluding carboxylic acids is 1. The molecule has 104 valence electrons. The SMILES string of the molecule is COC(=O)c1cnc(Cc2c(F)cccc2Cl)nc1N. The molecule has 20 heavy (non-hydrogen) atoms. The molecule has 0 atom stereocenters. The van der Waals surface area contributed by atoms with Crippen LogP contribution in [-0.2, 0) is 11.2 Å². The second-order valence-electron chi connectivity index (χ2n) is 3.95. The lowest BCUT2D eigenvalue weighted by atomic mass is 10.1. The molecule has 0 unspecified atom stereocenters. The maximum absolute atomic E-state index is 13.7. The zero-order valence-electron chi connectivity index (χ0n) is 10.6. The van der Waals surface area contributed by atoms with Crippen molar-refractivity contribution >= 4 is 23.4 Å². The number of ether oxygens (including phenoxy) is 1. The Morgan fingerprint density at radius 1 is 1.50 bits per heavy atom. The first-order valence-corrected chi connectivity index (χ1v) is 6.03. The number of halogens is 2. The number of nitrogen functional groups attached to an aromatic ring is 1. The van der Waals surface area contributed by atoms with E-state index in [9.17, 15) is 9.18 Å². The van der Waals surface area contributed by atoms with Gasteiger partial charge in [-0.15, -0.1) is 0 Å². The molecular weight excluding hydrogens is 285 g/mol. The topological polar surface area (TPSA) is 78.1 Å². The lowest BCUT2D eigenvalue weighted by Crippen LogP contribution is -2.10. The van der Waals surface area contributed by atoms with Gasteiger partial charge in [-0.3, -0.25) is 0 Å². The van der Waals surface area contributed by atoms with E-state index in [1.54, 1.807) is 6.07 Å². The van der Waals surface area contributed by atoms with Crippen LogP contribution in [0.1, 0.15) is 21.7 Å². The van der Waals surface area contributed by atoms with Gasteiger partial charge in [-0.05, 0) is 12.1 Å². The van der Waals surface area contributed by atoms with Crippen molar-refractivity contribution in [2.75, 3.05) is 12.8 Å². The van der Waals surface area contributed by atoms with Crippen molar-refractivity contribution in [3.05, 3.63) is 52.2 Å². The molecule has 0 radical (unpaired) electrons. The van der Waals surface area contributed by atoms with Crippen molar-refractivity contribution in [3.63, 3.8) is 0 Å². The van der Waals surface area contributed by atoms with E-state index < -0.39 is 11.8 Å². The predicted molar refractivity (Wildman–Crippen MR) is 72.0 cm³/mol. The maximum atomic E-state index is 13.7. The van der Waals surface area contributed by atoms with Gasteiger partial charge in [0.15, 0.2) is 0 Å². The number of esters is 1. The van der Waals surface area contributed by atoms with E-state index >= 15 is 0 Å². The van der Waals surface area contributed by atoms with E-state index in [2.05, 4.69) is 14.7 Å². The number of benzene rings is 1. The highest BCUT2D eigenvalue weighted by molar-refractivity contribution is 6.31. The third-order valence-corrected chi connectivity index (χ3v) is 3.02. The Hall–Kier alpha value is -2.21. The largest absolute Gasteiger partial charge is 0.465 e. The molecule has 0 bridgehead atoms. The Morgan fingerprint density at radius 3 is 2.85 bits per heavy atom. The van der Waals surface area contributed by atoms with Crippen LogP contribution >= 0.6 is 11.6 Å². The Bertz CT molecular complexity index is 644. The van der Waals surface area contributed by atoms with Crippen molar-refractivity contribution in [1.82, 2.24) is 9.97 Å². The highest BCUT2D eigenvalue weighted by atomic mass is 35.5. The van der Waals surface area contributed by atoms with Crippen molar-refractivity contribution in [1.29, 1.82) is 0 Å². The van der Waals surface area contributed by atoms with Crippen LogP contribution in [0.5, 0.6) is 0 Å². The van der Waals surface area contributed by atoms with Gasteiger partial charge in [-0.1, -0.05) is 17.7 Å². The van der Waals surface area contributed by atoms with Crippen molar-refractivity contribution in [3.8, 4) is 0 Å². The summed E-state index contributed by atoms with van der Waals surface area (Å²) in [6.45, 7) is 0. The van der Waals surface area contributed by atoms with Crippen LogP contribution in [0.25, 0.3) is 0 Å². The van der Waals surface area contributed by atoms with E-state index in [0.717, 1.165) is 0 Å². The molecule has 1 aromatic heterocycles. The van der Waals surface area contributed by atoms with Crippen LogP contribution in [0.4, 0.5) is 10.2 Å². The van der Waals surface area contributed by atoms with E-state index in [0.29, 0.717) is 0 Å². The number of carbonyl (C=O) groups is 1. The lowest BCUT2D eigenvalue weighted by Gasteiger charge is -2.07. The molecule has 2 rings (SSSR count). The second kappa shape index (κ2) is 5.83. The van der Waals surface area contributed by atoms with Gasteiger partial charge < -0.3 is 10.5 Å². The van der Waals surface area contributed by atoms with Crippen LogP contribution < -0.4 is 5.73 Å². The van der Waals surface area contributed by atoms with Crippen LogP contribution in [0.15, 0.2) is 24.4 Å².